The number of hydrogen-bond acceptors (Lipinski definition) is 5. The molecule has 0 aromatic carbocycles. The molecule has 100 valence electrons. The molecule has 6 heteroatoms. The second-order valence-electron chi connectivity index (χ2n) is 3.83. The number of methoxy groups -OCH3 is 1. The lowest BCUT2D eigenvalue weighted by atomic mass is 10.2. The first-order valence-electron chi connectivity index (χ1n) is 5.67. The summed E-state index contributed by atoms with van der Waals surface area (Å²) in [5.74, 6) is 0.746. The smallest absolute Gasteiger partial charge is 0.341 e. The van der Waals surface area contributed by atoms with Crippen molar-refractivity contribution in [1.29, 1.82) is 0 Å². The molecular weight excluding hydrogens is 236 g/mol. The van der Waals surface area contributed by atoms with Crippen LogP contribution < -0.4 is 10.6 Å². The Morgan fingerprint density at radius 3 is 2.72 bits per heavy atom. The molecule has 2 N–H and O–H groups in total. The van der Waals surface area contributed by atoms with E-state index in [1.165, 1.54) is 14.0 Å². The predicted octanol–water partition coefficient (Wildman–Crippen LogP) is 0.600. The van der Waals surface area contributed by atoms with E-state index in [2.05, 4.69) is 15.4 Å². The number of nitrogens with one attached hydrogen (secondary N) is 2. The molecule has 1 aromatic heterocycles. The molecule has 6 nitrogen and oxygen atoms in total. The van der Waals surface area contributed by atoms with Crippen LogP contribution in [0.2, 0.25) is 0 Å². The van der Waals surface area contributed by atoms with Gasteiger partial charge in [-0.3, -0.25) is 4.79 Å². The third-order valence-electron chi connectivity index (χ3n) is 2.35. The number of rotatable bonds is 6. The molecule has 0 atom stereocenters. The molecule has 0 aliphatic heterocycles. The zero-order chi connectivity index (χ0) is 13.5. The second-order valence-corrected chi connectivity index (χ2v) is 3.83. The maximum absolute atomic E-state index is 11.3. The van der Waals surface area contributed by atoms with E-state index in [4.69, 9.17) is 4.42 Å². The van der Waals surface area contributed by atoms with Crippen molar-refractivity contribution in [3.63, 3.8) is 0 Å². The molecule has 1 rings (SSSR count). The molecule has 0 bridgehead atoms. The van der Waals surface area contributed by atoms with Gasteiger partial charge >= 0.3 is 5.97 Å². The Morgan fingerprint density at radius 2 is 2.11 bits per heavy atom. The van der Waals surface area contributed by atoms with Crippen molar-refractivity contribution in [3.8, 4) is 0 Å². The van der Waals surface area contributed by atoms with Gasteiger partial charge < -0.3 is 19.8 Å². The minimum atomic E-state index is -0.402. The van der Waals surface area contributed by atoms with Crippen molar-refractivity contribution in [1.82, 2.24) is 10.6 Å². The minimum absolute atomic E-state index is 0.0568. The molecular formula is C12H18N2O4. The van der Waals surface area contributed by atoms with Crippen LogP contribution in [0.15, 0.2) is 10.5 Å². The van der Waals surface area contributed by atoms with Gasteiger partial charge in [0.05, 0.1) is 13.7 Å². The summed E-state index contributed by atoms with van der Waals surface area (Å²) < 4.78 is 10.0. The van der Waals surface area contributed by atoms with E-state index in [1.54, 1.807) is 13.0 Å². The molecule has 1 heterocycles. The van der Waals surface area contributed by atoms with Gasteiger partial charge in [-0.1, -0.05) is 0 Å². The largest absolute Gasteiger partial charge is 0.465 e. The third kappa shape index (κ3) is 4.21. The van der Waals surface area contributed by atoms with Crippen LogP contribution in [0, 0.1) is 6.92 Å². The zero-order valence-electron chi connectivity index (χ0n) is 10.8. The average Bonchev–Trinajstić information content (AvgIpc) is 2.69. The molecule has 0 aliphatic rings. The molecule has 0 fully saturated rings. The first-order valence-corrected chi connectivity index (χ1v) is 5.67. The molecule has 1 aromatic rings. The number of ether oxygens (including phenoxy) is 1. The number of hydrogen-bond donors (Lipinski definition) is 2. The molecule has 0 saturated heterocycles. The fraction of sp³-hybridized carbons (Fsp3) is 0.500. The van der Waals surface area contributed by atoms with Gasteiger partial charge in [0.1, 0.15) is 17.1 Å². The standard InChI is InChI=1S/C12H18N2O4/c1-8-11(12(16)17-3)6-10(18-8)7-13-4-5-14-9(2)15/h6,13H,4-5,7H2,1-3H3,(H,14,15). The van der Waals surface area contributed by atoms with Gasteiger partial charge in [-0.15, -0.1) is 0 Å². The van der Waals surface area contributed by atoms with E-state index >= 15 is 0 Å². The van der Waals surface area contributed by atoms with E-state index in [1.807, 2.05) is 0 Å². The zero-order valence-corrected chi connectivity index (χ0v) is 10.8. The molecule has 18 heavy (non-hydrogen) atoms. The summed E-state index contributed by atoms with van der Waals surface area (Å²) in [6.45, 7) is 4.87. The van der Waals surface area contributed by atoms with Crippen molar-refractivity contribution in [2.45, 2.75) is 20.4 Å². The minimum Gasteiger partial charge on any atom is -0.465 e. The summed E-state index contributed by atoms with van der Waals surface area (Å²) in [5, 5.41) is 5.76. The van der Waals surface area contributed by atoms with Gasteiger partial charge in [0.2, 0.25) is 5.91 Å². The van der Waals surface area contributed by atoms with Crippen LogP contribution in [-0.2, 0) is 16.1 Å². The molecule has 0 aliphatic carbocycles. The predicted molar refractivity (Wildman–Crippen MR) is 65.2 cm³/mol. The van der Waals surface area contributed by atoms with Crippen LogP contribution in [-0.4, -0.2) is 32.1 Å². The van der Waals surface area contributed by atoms with Crippen molar-refractivity contribution in [3.05, 3.63) is 23.2 Å². The summed E-state index contributed by atoms with van der Waals surface area (Å²) in [4.78, 5) is 22.0. The topological polar surface area (TPSA) is 80.6 Å². The Bertz CT molecular complexity index is 426. The fourth-order valence-electron chi connectivity index (χ4n) is 1.48. The molecule has 0 spiro atoms. The summed E-state index contributed by atoms with van der Waals surface area (Å²) >= 11 is 0. The monoisotopic (exact) mass is 254 g/mol. The maximum atomic E-state index is 11.3. The van der Waals surface area contributed by atoms with Crippen LogP contribution >= 0.6 is 0 Å². The number of esters is 1. The summed E-state index contributed by atoms with van der Waals surface area (Å²) in [6.07, 6.45) is 0. The van der Waals surface area contributed by atoms with Gasteiger partial charge in [-0.2, -0.15) is 0 Å². The Kier molecular flexibility index (Phi) is 5.38. The van der Waals surface area contributed by atoms with Crippen molar-refractivity contribution >= 4 is 11.9 Å². The maximum Gasteiger partial charge on any atom is 0.341 e. The average molecular weight is 254 g/mol. The lowest BCUT2D eigenvalue weighted by molar-refractivity contribution is -0.118. The first-order chi connectivity index (χ1) is 8.54. The number of amides is 1. The SMILES string of the molecule is COC(=O)c1cc(CNCCNC(C)=O)oc1C. The molecule has 0 unspecified atom stereocenters. The van der Waals surface area contributed by atoms with E-state index in [0.29, 0.717) is 36.7 Å². The Balaban J connectivity index is 2.39. The fourth-order valence-corrected chi connectivity index (χ4v) is 1.48. The molecule has 1 amide bonds. The van der Waals surface area contributed by atoms with Crippen LogP contribution in [0.1, 0.15) is 28.8 Å². The summed E-state index contributed by atoms with van der Waals surface area (Å²) in [6, 6.07) is 1.66. The summed E-state index contributed by atoms with van der Waals surface area (Å²) in [5.41, 5.74) is 0.441. The van der Waals surface area contributed by atoms with Crippen molar-refractivity contribution in [2.24, 2.45) is 0 Å². The van der Waals surface area contributed by atoms with Crippen LogP contribution in [0.3, 0.4) is 0 Å². The second kappa shape index (κ2) is 6.80. The third-order valence-corrected chi connectivity index (χ3v) is 2.35. The van der Waals surface area contributed by atoms with Gasteiger partial charge in [-0.25, -0.2) is 4.79 Å². The van der Waals surface area contributed by atoms with Crippen molar-refractivity contribution < 1.29 is 18.7 Å². The molecule has 0 saturated carbocycles. The Labute approximate surface area is 106 Å². The first kappa shape index (κ1) is 14.2. The van der Waals surface area contributed by atoms with E-state index in [-0.39, 0.29) is 5.91 Å². The highest BCUT2D eigenvalue weighted by Crippen LogP contribution is 2.15. The van der Waals surface area contributed by atoms with Crippen LogP contribution in [0.25, 0.3) is 0 Å². The number of carbonyl (C=O) groups excluding carboxylic acids is 2. The van der Waals surface area contributed by atoms with Gasteiger partial charge in [0.15, 0.2) is 0 Å². The van der Waals surface area contributed by atoms with Crippen LogP contribution in [0.5, 0.6) is 0 Å². The van der Waals surface area contributed by atoms with E-state index in [0.717, 1.165) is 0 Å². The van der Waals surface area contributed by atoms with Crippen LogP contribution in [0.4, 0.5) is 0 Å². The summed E-state index contributed by atoms with van der Waals surface area (Å²) in [7, 11) is 1.33. The highest BCUT2D eigenvalue weighted by atomic mass is 16.5. The van der Waals surface area contributed by atoms with Crippen molar-refractivity contribution in [2.75, 3.05) is 20.2 Å². The van der Waals surface area contributed by atoms with Gasteiger partial charge in [0.25, 0.3) is 0 Å². The number of carbonyl (C=O) groups is 2. The highest BCUT2D eigenvalue weighted by molar-refractivity contribution is 5.90. The normalized spacial score (nSPS) is 10.2. The highest BCUT2D eigenvalue weighted by Gasteiger charge is 2.14. The Hall–Kier alpha value is -1.82. The van der Waals surface area contributed by atoms with E-state index < -0.39 is 5.97 Å². The Morgan fingerprint density at radius 1 is 1.39 bits per heavy atom. The molecule has 0 radical (unpaired) electrons. The van der Waals surface area contributed by atoms with Gasteiger partial charge in [0, 0.05) is 20.0 Å². The quantitative estimate of drug-likeness (QED) is 0.574. The number of aryl methyl sites for hydroxylation is 1. The van der Waals surface area contributed by atoms with E-state index in [9.17, 15) is 9.59 Å². The number of furan rings is 1. The van der Waals surface area contributed by atoms with Gasteiger partial charge in [-0.05, 0) is 13.0 Å². The lowest BCUT2D eigenvalue weighted by Gasteiger charge is -2.02. The lowest BCUT2D eigenvalue weighted by Crippen LogP contribution is -2.29.